The topological polar surface area (TPSA) is 146 Å². The van der Waals surface area contributed by atoms with Crippen LogP contribution in [-0.4, -0.2) is 41.1 Å². The number of rotatable bonds is 7. The van der Waals surface area contributed by atoms with E-state index in [1.165, 1.54) is 6.07 Å². The van der Waals surface area contributed by atoms with E-state index in [1.54, 1.807) is 35.3 Å². The van der Waals surface area contributed by atoms with Gasteiger partial charge in [0.1, 0.15) is 11.3 Å². The lowest BCUT2D eigenvalue weighted by Gasteiger charge is -2.16. The molecular formula is C33H26FN9O2. The number of benzene rings is 2. The maximum absolute atomic E-state index is 13.2. The Balaban J connectivity index is 1.23. The van der Waals surface area contributed by atoms with Crippen LogP contribution < -0.4 is 16.4 Å². The Morgan fingerprint density at radius 3 is 2.69 bits per heavy atom. The second-order valence-corrected chi connectivity index (χ2v) is 10.6. The number of nitrogens with two attached hydrogens (primary N) is 1. The van der Waals surface area contributed by atoms with Crippen LogP contribution in [0.2, 0.25) is 0 Å². The van der Waals surface area contributed by atoms with Gasteiger partial charge in [-0.2, -0.15) is 5.10 Å². The number of halogens is 1. The van der Waals surface area contributed by atoms with Crippen LogP contribution in [0.5, 0.6) is 0 Å². The number of nitrogens with zero attached hydrogens (tertiary/aromatic N) is 6. The Morgan fingerprint density at radius 2 is 1.89 bits per heavy atom. The van der Waals surface area contributed by atoms with Gasteiger partial charge < -0.3 is 16.4 Å². The van der Waals surface area contributed by atoms with Crippen LogP contribution >= 0.6 is 0 Å². The number of hydrogen-bond acceptors (Lipinski definition) is 7. The predicted octanol–water partition coefficient (Wildman–Crippen LogP) is 5.09. The Hall–Kier alpha value is -6.17. The molecule has 1 aliphatic rings. The summed E-state index contributed by atoms with van der Waals surface area (Å²) in [5.74, 6) is -0.782. The fourth-order valence-electron chi connectivity index (χ4n) is 5.58. The molecule has 1 aliphatic carbocycles. The van der Waals surface area contributed by atoms with Gasteiger partial charge in [0.2, 0.25) is 0 Å². The number of carbonyl (C=O) groups is 2. The van der Waals surface area contributed by atoms with Gasteiger partial charge in [0.15, 0.2) is 23.1 Å². The third-order valence-corrected chi connectivity index (χ3v) is 7.71. The summed E-state index contributed by atoms with van der Waals surface area (Å²) in [7, 11) is 0. The second kappa shape index (κ2) is 11.2. The number of aryl methyl sites for hydroxylation is 1. The highest BCUT2D eigenvalue weighted by Gasteiger charge is 2.26. The number of pyridine rings is 2. The van der Waals surface area contributed by atoms with Gasteiger partial charge in [0.05, 0.1) is 11.6 Å². The summed E-state index contributed by atoms with van der Waals surface area (Å²) in [6, 6.07) is 21.5. The van der Waals surface area contributed by atoms with Crippen LogP contribution in [0.4, 0.5) is 15.9 Å². The van der Waals surface area contributed by atoms with E-state index in [1.807, 2.05) is 53.2 Å². The summed E-state index contributed by atoms with van der Waals surface area (Å²) < 4.78 is 16.8. The summed E-state index contributed by atoms with van der Waals surface area (Å²) in [4.78, 5) is 39.0. The highest BCUT2D eigenvalue weighted by Crippen LogP contribution is 2.36. The minimum absolute atomic E-state index is 0.220. The molecule has 222 valence electrons. The van der Waals surface area contributed by atoms with Crippen molar-refractivity contribution in [3.8, 4) is 22.9 Å². The first-order valence-corrected chi connectivity index (χ1v) is 14.2. The fraction of sp³-hybridized carbons (Fsp3) is 0.0909. The first-order valence-electron chi connectivity index (χ1n) is 14.2. The molecule has 0 aliphatic heterocycles. The number of imidazole rings is 1. The molecule has 0 bridgehead atoms. The van der Waals surface area contributed by atoms with E-state index in [4.69, 9.17) is 15.7 Å². The molecule has 6 aromatic rings. The van der Waals surface area contributed by atoms with Crippen molar-refractivity contribution < 1.29 is 14.0 Å². The van der Waals surface area contributed by atoms with Gasteiger partial charge >= 0.3 is 0 Å². The molecule has 0 unspecified atom stereocenters. The van der Waals surface area contributed by atoms with E-state index in [0.29, 0.717) is 51.9 Å². The van der Waals surface area contributed by atoms with Crippen molar-refractivity contribution >= 4 is 34.5 Å². The Labute approximate surface area is 256 Å². The number of aromatic nitrogens is 6. The SMILES string of the molecule is C=C(F)C(=O)Nc1cccc(C(=O)N[C@H]2CCc3cc(-n4c(-c5cccnc5N)nc5ccc(-n6cccn6)nc54)ccc32)c1. The fourth-order valence-corrected chi connectivity index (χ4v) is 5.58. The van der Waals surface area contributed by atoms with Gasteiger partial charge in [0.25, 0.3) is 11.8 Å². The van der Waals surface area contributed by atoms with E-state index in [2.05, 4.69) is 33.4 Å². The normalized spacial score (nSPS) is 13.8. The molecule has 0 fully saturated rings. The van der Waals surface area contributed by atoms with Gasteiger partial charge in [-0.15, -0.1) is 0 Å². The molecule has 4 heterocycles. The monoisotopic (exact) mass is 599 g/mol. The zero-order chi connectivity index (χ0) is 31.1. The van der Waals surface area contributed by atoms with Crippen molar-refractivity contribution in [2.45, 2.75) is 18.9 Å². The summed E-state index contributed by atoms with van der Waals surface area (Å²) in [5, 5.41) is 9.81. The summed E-state index contributed by atoms with van der Waals surface area (Å²) in [6.07, 6.45) is 6.60. The maximum atomic E-state index is 13.2. The summed E-state index contributed by atoms with van der Waals surface area (Å²) in [6.45, 7) is 3.00. The number of nitrogens with one attached hydrogen (secondary N) is 2. The van der Waals surface area contributed by atoms with E-state index in [0.717, 1.165) is 23.2 Å². The Morgan fingerprint density at radius 1 is 1.00 bits per heavy atom. The molecule has 4 aromatic heterocycles. The molecule has 45 heavy (non-hydrogen) atoms. The number of carbonyl (C=O) groups excluding carboxylic acids is 2. The average Bonchev–Trinajstić information content (AvgIpc) is 3.80. The summed E-state index contributed by atoms with van der Waals surface area (Å²) in [5.41, 5.74) is 11.8. The van der Waals surface area contributed by atoms with Crippen LogP contribution in [0.3, 0.4) is 0 Å². The zero-order valence-corrected chi connectivity index (χ0v) is 23.8. The maximum Gasteiger partial charge on any atom is 0.283 e. The number of fused-ring (bicyclic) bond motifs is 2. The van der Waals surface area contributed by atoms with Crippen molar-refractivity contribution in [3.63, 3.8) is 0 Å². The quantitative estimate of drug-likeness (QED) is 0.217. The van der Waals surface area contributed by atoms with Gasteiger partial charge in [0, 0.05) is 35.5 Å². The van der Waals surface area contributed by atoms with Crippen molar-refractivity contribution in [2.24, 2.45) is 0 Å². The molecule has 12 heteroatoms. The number of nitrogen functional groups attached to an aromatic ring is 1. The predicted molar refractivity (Wildman–Crippen MR) is 167 cm³/mol. The average molecular weight is 600 g/mol. The van der Waals surface area contributed by atoms with Gasteiger partial charge in [-0.05, 0) is 84.6 Å². The van der Waals surface area contributed by atoms with Crippen molar-refractivity contribution in [2.75, 3.05) is 11.1 Å². The summed E-state index contributed by atoms with van der Waals surface area (Å²) >= 11 is 0. The second-order valence-electron chi connectivity index (χ2n) is 10.6. The molecule has 2 amide bonds. The van der Waals surface area contributed by atoms with Crippen LogP contribution in [0.1, 0.15) is 33.9 Å². The van der Waals surface area contributed by atoms with E-state index >= 15 is 0 Å². The molecule has 1 atom stereocenters. The lowest BCUT2D eigenvalue weighted by molar-refractivity contribution is -0.114. The van der Waals surface area contributed by atoms with E-state index < -0.39 is 11.7 Å². The van der Waals surface area contributed by atoms with Crippen LogP contribution in [0.15, 0.2) is 104 Å². The van der Waals surface area contributed by atoms with Gasteiger partial charge in [-0.3, -0.25) is 14.2 Å². The molecule has 4 N–H and O–H groups in total. The molecule has 0 saturated carbocycles. The number of amides is 2. The first-order chi connectivity index (χ1) is 21.9. The molecule has 0 saturated heterocycles. The van der Waals surface area contributed by atoms with Crippen LogP contribution in [-0.2, 0) is 11.2 Å². The molecule has 0 spiro atoms. The Kier molecular flexibility index (Phi) is 6.85. The van der Waals surface area contributed by atoms with Gasteiger partial charge in [-0.25, -0.2) is 24.0 Å². The van der Waals surface area contributed by atoms with Gasteiger partial charge in [-0.1, -0.05) is 18.7 Å². The molecular weight excluding hydrogens is 573 g/mol. The minimum atomic E-state index is -1.11. The van der Waals surface area contributed by atoms with Crippen LogP contribution in [0.25, 0.3) is 34.1 Å². The van der Waals surface area contributed by atoms with Crippen LogP contribution in [0, 0.1) is 0 Å². The van der Waals surface area contributed by atoms with Crippen molar-refractivity contribution in [3.05, 3.63) is 120 Å². The lowest BCUT2D eigenvalue weighted by Crippen LogP contribution is -2.27. The van der Waals surface area contributed by atoms with E-state index in [9.17, 15) is 14.0 Å². The van der Waals surface area contributed by atoms with E-state index in [-0.39, 0.29) is 11.9 Å². The highest BCUT2D eigenvalue weighted by molar-refractivity contribution is 6.03. The third-order valence-electron chi connectivity index (χ3n) is 7.71. The molecule has 7 rings (SSSR count). The minimum Gasteiger partial charge on any atom is -0.383 e. The largest absolute Gasteiger partial charge is 0.383 e. The third kappa shape index (κ3) is 5.18. The number of hydrogen-bond donors (Lipinski definition) is 3. The standard InChI is InChI=1S/C33H26FN9O2/c1-19(34)32(44)38-22-6-2-5-21(17-22)33(45)40-26-11-8-20-18-23(9-10-24(20)26)43-30(25-7-3-14-36-29(25)35)39-27-12-13-28(41-31(27)43)42-16-4-15-37-42/h2-7,9-10,12-18,26H,1,8,11H2,(H2,35,36)(H,38,44)(H,40,45)/t26-/m0/s1. The molecule has 2 aromatic carbocycles. The number of anilines is 2. The molecule has 11 nitrogen and oxygen atoms in total. The lowest BCUT2D eigenvalue weighted by atomic mass is 10.1. The van der Waals surface area contributed by atoms with Crippen molar-refractivity contribution in [1.29, 1.82) is 0 Å². The zero-order valence-electron chi connectivity index (χ0n) is 23.8. The highest BCUT2D eigenvalue weighted by atomic mass is 19.1. The Bertz CT molecular complexity index is 2120. The molecule has 0 radical (unpaired) electrons. The van der Waals surface area contributed by atoms with Crippen molar-refractivity contribution in [1.82, 2.24) is 34.6 Å². The first kappa shape index (κ1) is 27.7. The smallest absolute Gasteiger partial charge is 0.283 e.